The molecule has 0 radical (unpaired) electrons. The van der Waals surface area contributed by atoms with Crippen LogP contribution < -0.4 is 15.6 Å². The van der Waals surface area contributed by atoms with E-state index in [1.54, 1.807) is 30.3 Å². The highest BCUT2D eigenvalue weighted by Crippen LogP contribution is 2.21. The molecule has 0 saturated carbocycles. The highest BCUT2D eigenvalue weighted by Gasteiger charge is 2.16. The molecule has 0 bridgehead atoms. The lowest BCUT2D eigenvalue weighted by atomic mass is 10.2. The molecule has 160 valence electrons. The molecule has 2 aromatic carbocycles. The average molecular weight is 488 g/mol. The number of nitrogens with one attached hydrogen (secondary N) is 2. The molecule has 0 aliphatic carbocycles. The van der Waals surface area contributed by atoms with Gasteiger partial charge in [0.2, 0.25) is 17.8 Å². The second-order valence-electron chi connectivity index (χ2n) is 6.59. The summed E-state index contributed by atoms with van der Waals surface area (Å²) in [5.41, 5.74) is 3.93. The van der Waals surface area contributed by atoms with Gasteiger partial charge in [0, 0.05) is 28.8 Å². The summed E-state index contributed by atoms with van der Waals surface area (Å²) in [4.78, 5) is 15.2. The SMILES string of the molecule is Oc1ccc(Br)cc1C=NNc1nc(Nc2ccc(F)cc2)nc(N2CCOCC2)n1. The van der Waals surface area contributed by atoms with Crippen molar-refractivity contribution in [1.82, 2.24) is 15.0 Å². The smallest absolute Gasteiger partial charge is 0.250 e. The minimum absolute atomic E-state index is 0.0945. The van der Waals surface area contributed by atoms with E-state index in [0.29, 0.717) is 43.5 Å². The van der Waals surface area contributed by atoms with Gasteiger partial charge in [0.1, 0.15) is 11.6 Å². The standard InChI is InChI=1S/C20H19BrFN7O2/c21-14-1-6-17(30)13(11-14)12-23-28-19-25-18(24-16-4-2-15(22)3-5-16)26-20(27-19)29-7-9-31-10-8-29/h1-6,11-12,30H,7-10H2,(H2,24,25,26,27,28). The predicted octanol–water partition coefficient (Wildman–Crippen LogP) is 3.51. The van der Waals surface area contributed by atoms with Gasteiger partial charge >= 0.3 is 0 Å². The number of aromatic hydroxyl groups is 1. The Morgan fingerprint density at radius 1 is 1.06 bits per heavy atom. The number of anilines is 4. The molecule has 31 heavy (non-hydrogen) atoms. The molecular formula is C20H19BrFN7O2. The molecular weight excluding hydrogens is 469 g/mol. The highest BCUT2D eigenvalue weighted by molar-refractivity contribution is 9.10. The molecule has 0 amide bonds. The van der Waals surface area contributed by atoms with E-state index in [1.165, 1.54) is 18.3 Å². The number of ether oxygens (including phenoxy) is 1. The van der Waals surface area contributed by atoms with Crippen LogP contribution in [0.15, 0.2) is 52.0 Å². The molecule has 1 fully saturated rings. The molecule has 1 aliphatic heterocycles. The number of hydrazone groups is 1. The Morgan fingerprint density at radius 3 is 2.58 bits per heavy atom. The number of halogens is 2. The molecule has 0 unspecified atom stereocenters. The van der Waals surface area contributed by atoms with Gasteiger partial charge in [-0.15, -0.1) is 0 Å². The van der Waals surface area contributed by atoms with E-state index in [9.17, 15) is 9.50 Å². The Labute approximate surface area is 186 Å². The Morgan fingerprint density at radius 2 is 1.81 bits per heavy atom. The van der Waals surface area contributed by atoms with Gasteiger partial charge in [0.25, 0.3) is 0 Å². The quantitative estimate of drug-likeness (QED) is 0.358. The molecule has 0 atom stereocenters. The van der Waals surface area contributed by atoms with Crippen molar-refractivity contribution >= 4 is 45.7 Å². The van der Waals surface area contributed by atoms with Crippen LogP contribution in [0.2, 0.25) is 0 Å². The monoisotopic (exact) mass is 487 g/mol. The van der Waals surface area contributed by atoms with Gasteiger partial charge in [-0.25, -0.2) is 9.82 Å². The fourth-order valence-electron chi connectivity index (χ4n) is 2.83. The number of aromatic nitrogens is 3. The zero-order valence-electron chi connectivity index (χ0n) is 16.3. The van der Waals surface area contributed by atoms with Crippen LogP contribution in [-0.2, 0) is 4.74 Å². The van der Waals surface area contributed by atoms with Gasteiger partial charge in [-0.05, 0) is 42.5 Å². The van der Waals surface area contributed by atoms with Gasteiger partial charge < -0.3 is 20.1 Å². The maximum absolute atomic E-state index is 13.2. The summed E-state index contributed by atoms with van der Waals surface area (Å²) in [5.74, 6) is 0.726. The molecule has 3 N–H and O–H groups in total. The Hall–Kier alpha value is -3.31. The van der Waals surface area contributed by atoms with E-state index in [-0.39, 0.29) is 23.5 Å². The van der Waals surface area contributed by atoms with Crippen LogP contribution in [0, 0.1) is 5.82 Å². The zero-order valence-corrected chi connectivity index (χ0v) is 17.9. The van der Waals surface area contributed by atoms with Crippen molar-refractivity contribution in [3.8, 4) is 5.75 Å². The number of morpholine rings is 1. The maximum Gasteiger partial charge on any atom is 0.250 e. The summed E-state index contributed by atoms with van der Waals surface area (Å²) in [6.07, 6.45) is 1.46. The minimum Gasteiger partial charge on any atom is -0.507 e. The van der Waals surface area contributed by atoms with E-state index in [0.717, 1.165) is 4.47 Å². The van der Waals surface area contributed by atoms with E-state index < -0.39 is 0 Å². The summed E-state index contributed by atoms with van der Waals surface area (Å²) < 4.78 is 19.4. The van der Waals surface area contributed by atoms with Crippen LogP contribution in [0.1, 0.15) is 5.56 Å². The fraction of sp³-hybridized carbons (Fsp3) is 0.200. The third-order valence-corrected chi connectivity index (χ3v) is 4.87. The number of hydrogen-bond donors (Lipinski definition) is 3. The van der Waals surface area contributed by atoms with Crippen molar-refractivity contribution in [1.29, 1.82) is 0 Å². The zero-order chi connectivity index (χ0) is 21.6. The van der Waals surface area contributed by atoms with Crippen molar-refractivity contribution in [2.45, 2.75) is 0 Å². The van der Waals surface area contributed by atoms with Crippen LogP contribution in [0.4, 0.5) is 27.9 Å². The minimum atomic E-state index is -0.331. The molecule has 3 aromatic rings. The van der Waals surface area contributed by atoms with Gasteiger partial charge in [-0.1, -0.05) is 15.9 Å². The second kappa shape index (κ2) is 9.67. The van der Waals surface area contributed by atoms with E-state index in [4.69, 9.17) is 4.74 Å². The second-order valence-corrected chi connectivity index (χ2v) is 7.50. The van der Waals surface area contributed by atoms with Crippen molar-refractivity contribution < 1.29 is 14.2 Å². The lowest BCUT2D eigenvalue weighted by molar-refractivity contribution is 0.122. The highest BCUT2D eigenvalue weighted by atomic mass is 79.9. The van der Waals surface area contributed by atoms with Crippen LogP contribution in [0.25, 0.3) is 0 Å². The number of hydrogen-bond acceptors (Lipinski definition) is 9. The normalized spacial score (nSPS) is 14.1. The first-order valence-electron chi connectivity index (χ1n) is 9.46. The van der Waals surface area contributed by atoms with Gasteiger partial charge in [-0.3, -0.25) is 0 Å². The largest absolute Gasteiger partial charge is 0.507 e. The Kier molecular flexibility index (Phi) is 6.53. The fourth-order valence-corrected chi connectivity index (χ4v) is 3.20. The summed E-state index contributed by atoms with van der Waals surface area (Å²) in [6, 6.07) is 10.9. The van der Waals surface area contributed by atoms with Crippen molar-refractivity contribution in [2.75, 3.05) is 41.9 Å². The van der Waals surface area contributed by atoms with Crippen LogP contribution in [0.5, 0.6) is 5.75 Å². The molecule has 11 heteroatoms. The molecule has 0 spiro atoms. The molecule has 4 rings (SSSR count). The summed E-state index contributed by atoms with van der Waals surface area (Å²) >= 11 is 3.36. The third kappa shape index (κ3) is 5.64. The number of phenolic OH excluding ortho intramolecular Hbond substituents is 1. The topological polar surface area (TPSA) is 108 Å². The van der Waals surface area contributed by atoms with E-state index in [1.807, 2.05) is 4.90 Å². The number of nitrogens with zero attached hydrogens (tertiary/aromatic N) is 5. The maximum atomic E-state index is 13.2. The number of rotatable bonds is 6. The van der Waals surface area contributed by atoms with Crippen molar-refractivity contribution in [3.63, 3.8) is 0 Å². The summed E-state index contributed by atoms with van der Waals surface area (Å²) in [6.45, 7) is 2.45. The first kappa shape index (κ1) is 20.9. The van der Waals surface area contributed by atoms with E-state index >= 15 is 0 Å². The lowest BCUT2D eigenvalue weighted by Crippen LogP contribution is -2.37. The Bertz CT molecular complexity index is 1080. The van der Waals surface area contributed by atoms with E-state index in [2.05, 4.69) is 46.7 Å². The van der Waals surface area contributed by atoms with Gasteiger partial charge in [0.05, 0.1) is 19.4 Å². The Balaban J connectivity index is 1.58. The summed E-state index contributed by atoms with van der Waals surface area (Å²) in [7, 11) is 0. The molecule has 1 saturated heterocycles. The number of benzene rings is 2. The van der Waals surface area contributed by atoms with Crippen molar-refractivity contribution in [3.05, 3.63) is 58.3 Å². The van der Waals surface area contributed by atoms with Crippen LogP contribution in [0.3, 0.4) is 0 Å². The number of phenols is 1. The summed E-state index contributed by atoms with van der Waals surface area (Å²) in [5, 5.41) is 17.1. The molecule has 1 aliphatic rings. The van der Waals surface area contributed by atoms with Crippen LogP contribution in [-0.4, -0.2) is 52.6 Å². The van der Waals surface area contributed by atoms with Crippen LogP contribution >= 0.6 is 15.9 Å². The predicted molar refractivity (Wildman–Crippen MR) is 120 cm³/mol. The average Bonchev–Trinajstić information content (AvgIpc) is 2.78. The molecule has 9 nitrogen and oxygen atoms in total. The van der Waals surface area contributed by atoms with Gasteiger partial charge in [0.15, 0.2) is 0 Å². The first-order chi connectivity index (χ1) is 15.1. The molecule has 2 heterocycles. The van der Waals surface area contributed by atoms with Crippen molar-refractivity contribution in [2.24, 2.45) is 5.10 Å². The van der Waals surface area contributed by atoms with Gasteiger partial charge in [-0.2, -0.15) is 20.1 Å². The lowest BCUT2D eigenvalue weighted by Gasteiger charge is -2.27. The first-order valence-corrected chi connectivity index (χ1v) is 10.2. The molecule has 1 aromatic heterocycles. The third-order valence-electron chi connectivity index (χ3n) is 4.38.